The van der Waals surface area contributed by atoms with E-state index in [0.717, 1.165) is 32.1 Å². The number of carbonyl (C=O) groups excluding carboxylic acids is 1. The lowest BCUT2D eigenvalue weighted by molar-refractivity contribution is -0.126. The van der Waals surface area contributed by atoms with E-state index < -0.39 is 5.54 Å². The molecule has 88 valence electrons. The zero-order valence-electron chi connectivity index (χ0n) is 9.46. The molecule has 1 unspecified atom stereocenters. The van der Waals surface area contributed by atoms with E-state index in [4.69, 9.17) is 5.73 Å². The summed E-state index contributed by atoms with van der Waals surface area (Å²) >= 11 is 0. The minimum Gasteiger partial charge on any atom is -0.393 e. The van der Waals surface area contributed by atoms with E-state index in [0.29, 0.717) is 13.0 Å². The summed E-state index contributed by atoms with van der Waals surface area (Å²) in [6, 6.07) is 0. The van der Waals surface area contributed by atoms with Gasteiger partial charge in [-0.25, -0.2) is 0 Å². The highest BCUT2D eigenvalue weighted by Crippen LogP contribution is 2.27. The van der Waals surface area contributed by atoms with Crippen molar-refractivity contribution in [2.75, 3.05) is 6.54 Å². The van der Waals surface area contributed by atoms with Gasteiger partial charge in [-0.2, -0.15) is 0 Å². The number of nitrogens with two attached hydrogens (primary N) is 1. The molecule has 1 rings (SSSR count). The highest BCUT2D eigenvalue weighted by Gasteiger charge is 2.36. The molecule has 1 amide bonds. The molecule has 0 saturated heterocycles. The van der Waals surface area contributed by atoms with Crippen molar-refractivity contribution in [1.82, 2.24) is 5.32 Å². The first-order chi connectivity index (χ1) is 7.08. The molecule has 15 heavy (non-hydrogen) atoms. The Morgan fingerprint density at radius 1 is 1.53 bits per heavy atom. The van der Waals surface area contributed by atoms with Crippen LogP contribution in [-0.4, -0.2) is 29.2 Å². The van der Waals surface area contributed by atoms with E-state index >= 15 is 0 Å². The Bertz CT molecular complexity index is 213. The summed E-state index contributed by atoms with van der Waals surface area (Å²) in [5.41, 5.74) is 5.34. The van der Waals surface area contributed by atoms with Crippen molar-refractivity contribution in [3.8, 4) is 0 Å². The maximum absolute atomic E-state index is 11.7. The van der Waals surface area contributed by atoms with Gasteiger partial charge in [0.05, 0.1) is 11.6 Å². The minimum atomic E-state index is -0.642. The van der Waals surface area contributed by atoms with Gasteiger partial charge in [-0.05, 0) is 25.7 Å². The van der Waals surface area contributed by atoms with Crippen molar-refractivity contribution >= 4 is 5.91 Å². The third kappa shape index (κ3) is 3.47. The molecule has 0 aromatic heterocycles. The van der Waals surface area contributed by atoms with Crippen LogP contribution >= 0.6 is 0 Å². The van der Waals surface area contributed by atoms with Crippen LogP contribution in [0.25, 0.3) is 0 Å². The fourth-order valence-corrected chi connectivity index (χ4v) is 1.97. The normalized spacial score (nSPS) is 21.3. The average molecular weight is 214 g/mol. The Balaban J connectivity index is 2.24. The van der Waals surface area contributed by atoms with Crippen LogP contribution in [0.2, 0.25) is 0 Å². The molecule has 1 aliphatic rings. The molecule has 0 aromatic carbocycles. The van der Waals surface area contributed by atoms with Gasteiger partial charge < -0.3 is 16.2 Å². The van der Waals surface area contributed by atoms with Crippen molar-refractivity contribution in [3.05, 3.63) is 0 Å². The number of hydrogen-bond acceptors (Lipinski definition) is 3. The summed E-state index contributed by atoms with van der Waals surface area (Å²) in [6.45, 7) is 2.45. The molecular formula is C11H22N2O2. The average Bonchev–Trinajstić information content (AvgIpc) is 2.66. The third-order valence-electron chi connectivity index (χ3n) is 3.18. The topological polar surface area (TPSA) is 75.3 Å². The highest BCUT2D eigenvalue weighted by atomic mass is 16.3. The molecule has 1 aliphatic carbocycles. The molecule has 0 heterocycles. The van der Waals surface area contributed by atoms with E-state index in [1.807, 2.05) is 6.92 Å². The van der Waals surface area contributed by atoms with Gasteiger partial charge in [0.25, 0.3) is 0 Å². The number of nitrogens with one attached hydrogen (secondary N) is 1. The van der Waals surface area contributed by atoms with Crippen molar-refractivity contribution in [2.24, 2.45) is 5.73 Å². The first-order valence-electron chi connectivity index (χ1n) is 5.84. The Labute approximate surface area is 91.2 Å². The van der Waals surface area contributed by atoms with Crippen molar-refractivity contribution < 1.29 is 9.90 Å². The quantitative estimate of drug-likeness (QED) is 0.625. The van der Waals surface area contributed by atoms with Gasteiger partial charge in [0.1, 0.15) is 0 Å². The molecule has 0 radical (unpaired) electrons. The molecule has 4 heteroatoms. The first-order valence-corrected chi connectivity index (χ1v) is 5.84. The van der Waals surface area contributed by atoms with E-state index in [2.05, 4.69) is 5.32 Å². The van der Waals surface area contributed by atoms with Gasteiger partial charge >= 0.3 is 0 Å². The van der Waals surface area contributed by atoms with E-state index in [9.17, 15) is 9.90 Å². The molecule has 0 aliphatic heterocycles. The number of rotatable bonds is 5. The van der Waals surface area contributed by atoms with Crippen LogP contribution in [0.15, 0.2) is 0 Å². The van der Waals surface area contributed by atoms with Crippen LogP contribution in [0.4, 0.5) is 0 Å². The zero-order valence-corrected chi connectivity index (χ0v) is 9.46. The number of hydrogen-bond donors (Lipinski definition) is 3. The van der Waals surface area contributed by atoms with Crippen LogP contribution in [0.1, 0.15) is 45.4 Å². The van der Waals surface area contributed by atoms with Crippen molar-refractivity contribution in [2.45, 2.75) is 57.1 Å². The molecule has 0 aromatic rings. The van der Waals surface area contributed by atoms with Crippen LogP contribution < -0.4 is 11.1 Å². The smallest absolute Gasteiger partial charge is 0.240 e. The van der Waals surface area contributed by atoms with Gasteiger partial charge in [0.2, 0.25) is 5.91 Å². The Morgan fingerprint density at radius 2 is 2.13 bits per heavy atom. The Morgan fingerprint density at radius 3 is 2.67 bits per heavy atom. The fraction of sp³-hybridized carbons (Fsp3) is 0.909. The first kappa shape index (κ1) is 12.5. The van der Waals surface area contributed by atoms with Gasteiger partial charge in [0.15, 0.2) is 0 Å². The second-order valence-corrected chi connectivity index (χ2v) is 4.47. The third-order valence-corrected chi connectivity index (χ3v) is 3.18. The zero-order chi connectivity index (χ0) is 11.3. The summed E-state index contributed by atoms with van der Waals surface area (Å²) in [4.78, 5) is 11.7. The monoisotopic (exact) mass is 214 g/mol. The lowest BCUT2D eigenvalue weighted by Crippen LogP contribution is -2.52. The standard InChI is InChI=1S/C11H22N2O2/c1-2-9(14)5-8-13-10(15)11(12)6-3-4-7-11/h9,14H,2-8,12H2,1H3,(H,13,15). The molecule has 0 bridgehead atoms. The molecule has 0 spiro atoms. The molecular weight excluding hydrogens is 192 g/mol. The summed E-state index contributed by atoms with van der Waals surface area (Å²) in [7, 11) is 0. The van der Waals surface area contributed by atoms with Gasteiger partial charge in [-0.3, -0.25) is 4.79 Å². The summed E-state index contributed by atoms with van der Waals surface area (Å²) < 4.78 is 0. The van der Waals surface area contributed by atoms with Gasteiger partial charge in [0, 0.05) is 6.54 Å². The lowest BCUT2D eigenvalue weighted by Gasteiger charge is -2.22. The second kappa shape index (κ2) is 5.47. The Hall–Kier alpha value is -0.610. The van der Waals surface area contributed by atoms with Crippen LogP contribution in [-0.2, 0) is 4.79 Å². The predicted octanol–water partition coefficient (Wildman–Crippen LogP) is 0.535. The van der Waals surface area contributed by atoms with Crippen molar-refractivity contribution in [3.63, 3.8) is 0 Å². The van der Waals surface area contributed by atoms with E-state index in [1.165, 1.54) is 0 Å². The SMILES string of the molecule is CCC(O)CCNC(=O)C1(N)CCCC1. The van der Waals surface area contributed by atoms with Crippen LogP contribution in [0.5, 0.6) is 0 Å². The Kier molecular flexibility index (Phi) is 4.54. The fourth-order valence-electron chi connectivity index (χ4n) is 1.97. The van der Waals surface area contributed by atoms with Crippen LogP contribution in [0.3, 0.4) is 0 Å². The highest BCUT2D eigenvalue weighted by molar-refractivity contribution is 5.86. The van der Waals surface area contributed by atoms with Crippen LogP contribution in [0, 0.1) is 0 Å². The number of aliphatic hydroxyl groups is 1. The second-order valence-electron chi connectivity index (χ2n) is 4.47. The molecule has 1 fully saturated rings. The lowest BCUT2D eigenvalue weighted by atomic mass is 9.98. The van der Waals surface area contributed by atoms with Gasteiger partial charge in [-0.15, -0.1) is 0 Å². The van der Waals surface area contributed by atoms with Crippen molar-refractivity contribution in [1.29, 1.82) is 0 Å². The minimum absolute atomic E-state index is 0.0525. The maximum Gasteiger partial charge on any atom is 0.240 e. The predicted molar refractivity (Wildman–Crippen MR) is 59.3 cm³/mol. The molecule has 4 N–H and O–H groups in total. The molecule has 1 atom stereocenters. The maximum atomic E-state index is 11.7. The number of amides is 1. The van der Waals surface area contributed by atoms with E-state index in [1.54, 1.807) is 0 Å². The largest absolute Gasteiger partial charge is 0.393 e. The number of carbonyl (C=O) groups is 1. The van der Waals surface area contributed by atoms with E-state index in [-0.39, 0.29) is 12.0 Å². The summed E-state index contributed by atoms with van der Waals surface area (Å²) in [6.07, 6.45) is 4.68. The molecule has 1 saturated carbocycles. The van der Waals surface area contributed by atoms with Gasteiger partial charge in [-0.1, -0.05) is 19.8 Å². The summed E-state index contributed by atoms with van der Waals surface area (Å²) in [5.74, 6) is -0.0525. The number of aliphatic hydroxyl groups excluding tert-OH is 1. The summed E-state index contributed by atoms with van der Waals surface area (Å²) in [5, 5.41) is 12.1. The molecule has 4 nitrogen and oxygen atoms in total.